The van der Waals surface area contributed by atoms with Crippen LogP contribution in [0.5, 0.6) is 5.75 Å². The average Bonchev–Trinajstić information content (AvgIpc) is 2.55. The molecule has 3 rings (SSSR count). The summed E-state index contributed by atoms with van der Waals surface area (Å²) in [6.07, 6.45) is 13.1. The third-order valence-electron chi connectivity index (χ3n) is 3.63. The zero-order valence-electron chi connectivity index (χ0n) is 12.5. The molecule has 3 heteroatoms. The van der Waals surface area contributed by atoms with Crippen LogP contribution in [0.25, 0.3) is 17.2 Å². The number of phenols is 1. The van der Waals surface area contributed by atoms with Crippen molar-refractivity contribution in [2.24, 2.45) is 0 Å². The van der Waals surface area contributed by atoms with Gasteiger partial charge in [0.2, 0.25) is 0 Å². The molecule has 2 aromatic rings. The maximum Gasteiger partial charge on any atom is 0.196 e. The molecule has 0 saturated carbocycles. The predicted octanol–water partition coefficient (Wildman–Crippen LogP) is 4.25. The molecule has 1 aliphatic carbocycles. The third kappa shape index (κ3) is 3.24. The molecule has 1 heterocycles. The van der Waals surface area contributed by atoms with Crippen molar-refractivity contribution in [1.82, 2.24) is 0 Å². The summed E-state index contributed by atoms with van der Waals surface area (Å²) in [6, 6.07) is 6.50. The van der Waals surface area contributed by atoms with Gasteiger partial charge < -0.3 is 9.52 Å². The zero-order valence-corrected chi connectivity index (χ0v) is 12.5. The lowest BCUT2D eigenvalue weighted by Gasteiger charge is -2.07. The second-order valence-corrected chi connectivity index (χ2v) is 5.27. The van der Waals surface area contributed by atoms with Gasteiger partial charge >= 0.3 is 0 Å². The van der Waals surface area contributed by atoms with Gasteiger partial charge in [0.05, 0.1) is 5.56 Å². The minimum Gasteiger partial charge on any atom is -0.508 e. The largest absolute Gasteiger partial charge is 0.508 e. The first kappa shape index (κ1) is 14.9. The Bertz CT molecular complexity index is 878. The van der Waals surface area contributed by atoms with Crippen LogP contribution in [-0.4, -0.2) is 5.11 Å². The lowest BCUT2D eigenvalue weighted by atomic mass is 10.0. The van der Waals surface area contributed by atoms with Gasteiger partial charge in [-0.3, -0.25) is 4.79 Å². The van der Waals surface area contributed by atoms with Crippen molar-refractivity contribution in [1.29, 1.82) is 0 Å². The van der Waals surface area contributed by atoms with Crippen molar-refractivity contribution >= 4 is 6.08 Å². The molecule has 0 radical (unpaired) electrons. The average molecular weight is 304 g/mol. The fourth-order valence-corrected chi connectivity index (χ4v) is 2.38. The summed E-state index contributed by atoms with van der Waals surface area (Å²) in [5, 5.41) is 9.38. The standard InChI is InChI=1S/C20H16O3/c1-14-5-3-2-4-6-17-19(12-7-14)23-13-18(20(17)22)15-8-10-16(21)11-9-15/h2-5,7-13,21H,1,6H2/b4-2-,5-3-,12-7?. The smallest absolute Gasteiger partial charge is 0.196 e. The van der Waals surface area contributed by atoms with Crippen LogP contribution in [0.15, 0.2) is 82.3 Å². The van der Waals surface area contributed by atoms with Crippen molar-refractivity contribution in [3.05, 3.63) is 94.6 Å². The quantitative estimate of drug-likeness (QED) is 0.857. The summed E-state index contributed by atoms with van der Waals surface area (Å²) < 4.78 is 5.68. The first-order chi connectivity index (χ1) is 11.1. The van der Waals surface area contributed by atoms with Gasteiger partial charge in [0.1, 0.15) is 17.8 Å². The van der Waals surface area contributed by atoms with Gasteiger partial charge in [-0.1, -0.05) is 49.1 Å². The summed E-state index contributed by atoms with van der Waals surface area (Å²) in [5.41, 5.74) is 2.56. The fourth-order valence-electron chi connectivity index (χ4n) is 2.38. The molecule has 1 aromatic carbocycles. The Labute approximate surface area is 134 Å². The number of phenolic OH excluding ortho intramolecular Hbond substituents is 1. The summed E-state index contributed by atoms with van der Waals surface area (Å²) in [7, 11) is 0. The second kappa shape index (κ2) is 6.36. The highest BCUT2D eigenvalue weighted by atomic mass is 16.3. The topological polar surface area (TPSA) is 50.4 Å². The van der Waals surface area contributed by atoms with Crippen LogP contribution in [0, 0.1) is 0 Å². The Morgan fingerprint density at radius 2 is 1.83 bits per heavy atom. The molecule has 0 atom stereocenters. The first-order valence-electron chi connectivity index (χ1n) is 7.29. The Kier molecular flexibility index (Phi) is 4.11. The molecule has 23 heavy (non-hydrogen) atoms. The van der Waals surface area contributed by atoms with Crippen molar-refractivity contribution in [3.63, 3.8) is 0 Å². The van der Waals surface area contributed by atoms with E-state index in [0.717, 1.165) is 5.57 Å². The van der Waals surface area contributed by atoms with Gasteiger partial charge in [-0.15, -0.1) is 0 Å². The van der Waals surface area contributed by atoms with E-state index in [0.29, 0.717) is 28.9 Å². The fraction of sp³-hybridized carbons (Fsp3) is 0.0500. The van der Waals surface area contributed by atoms with E-state index in [1.54, 1.807) is 30.3 Å². The van der Waals surface area contributed by atoms with Crippen molar-refractivity contribution < 1.29 is 9.52 Å². The van der Waals surface area contributed by atoms with Crippen LogP contribution in [0.1, 0.15) is 11.3 Å². The molecule has 114 valence electrons. The van der Waals surface area contributed by atoms with E-state index in [4.69, 9.17) is 4.42 Å². The Balaban J connectivity index is 2.13. The van der Waals surface area contributed by atoms with E-state index < -0.39 is 0 Å². The second-order valence-electron chi connectivity index (χ2n) is 5.27. The van der Waals surface area contributed by atoms with Crippen LogP contribution in [0.4, 0.5) is 0 Å². The first-order valence-corrected chi connectivity index (χ1v) is 7.29. The lowest BCUT2D eigenvalue weighted by molar-refractivity contribution is 0.475. The molecule has 0 amide bonds. The van der Waals surface area contributed by atoms with Crippen molar-refractivity contribution in [2.75, 3.05) is 0 Å². The summed E-state index contributed by atoms with van der Waals surface area (Å²) in [6.45, 7) is 3.91. The van der Waals surface area contributed by atoms with Crippen molar-refractivity contribution in [2.45, 2.75) is 6.42 Å². The van der Waals surface area contributed by atoms with Gasteiger partial charge in [-0.25, -0.2) is 0 Å². The maximum atomic E-state index is 12.8. The van der Waals surface area contributed by atoms with Gasteiger partial charge in [0, 0.05) is 5.56 Å². The van der Waals surface area contributed by atoms with E-state index in [2.05, 4.69) is 6.58 Å². The number of hydrogen-bond donors (Lipinski definition) is 1. The molecule has 0 fully saturated rings. The normalized spacial score (nSPS) is 16.6. The molecule has 3 nitrogen and oxygen atoms in total. The molecule has 1 N–H and O–H groups in total. The number of aromatic hydroxyl groups is 1. The molecule has 0 aliphatic heterocycles. The SMILES string of the molecule is C=C1C=Cc2occ(-c3ccc(O)cc3)c(=O)c2C/C=C\C=C/1. The minimum atomic E-state index is -0.0681. The highest BCUT2D eigenvalue weighted by Gasteiger charge is 2.13. The molecular formula is C20H16O3. The van der Waals surface area contributed by atoms with Crippen LogP contribution in [-0.2, 0) is 6.42 Å². The van der Waals surface area contributed by atoms with E-state index in [1.165, 1.54) is 6.26 Å². The Morgan fingerprint density at radius 3 is 2.61 bits per heavy atom. The third-order valence-corrected chi connectivity index (χ3v) is 3.63. The monoisotopic (exact) mass is 304 g/mol. The summed E-state index contributed by atoms with van der Waals surface area (Å²) in [4.78, 5) is 12.8. The Hall–Kier alpha value is -3.07. The van der Waals surface area contributed by atoms with Gasteiger partial charge in [0.25, 0.3) is 0 Å². The van der Waals surface area contributed by atoms with Crippen LogP contribution in [0.2, 0.25) is 0 Å². The number of benzene rings is 1. The number of fused-ring (bicyclic) bond motifs is 1. The highest BCUT2D eigenvalue weighted by Crippen LogP contribution is 2.22. The predicted molar refractivity (Wildman–Crippen MR) is 92.2 cm³/mol. The number of hydrogen-bond acceptors (Lipinski definition) is 3. The molecule has 1 aliphatic rings. The highest BCUT2D eigenvalue weighted by molar-refractivity contribution is 5.65. The van der Waals surface area contributed by atoms with Gasteiger partial charge in [-0.05, 0) is 35.8 Å². The minimum absolute atomic E-state index is 0.0681. The molecular weight excluding hydrogens is 288 g/mol. The number of allylic oxidation sites excluding steroid dienone is 6. The molecule has 1 aromatic heterocycles. The summed E-state index contributed by atoms with van der Waals surface area (Å²) in [5.74, 6) is 0.701. The van der Waals surface area contributed by atoms with E-state index in [-0.39, 0.29) is 11.2 Å². The van der Waals surface area contributed by atoms with Gasteiger partial charge in [0.15, 0.2) is 5.43 Å². The van der Waals surface area contributed by atoms with Crippen LogP contribution < -0.4 is 5.43 Å². The van der Waals surface area contributed by atoms with Crippen molar-refractivity contribution in [3.8, 4) is 16.9 Å². The molecule has 0 spiro atoms. The van der Waals surface area contributed by atoms with E-state index in [9.17, 15) is 9.90 Å². The van der Waals surface area contributed by atoms with Gasteiger partial charge in [-0.2, -0.15) is 0 Å². The molecule has 0 bridgehead atoms. The molecule has 0 unspecified atom stereocenters. The zero-order chi connectivity index (χ0) is 16.2. The molecule has 0 saturated heterocycles. The summed E-state index contributed by atoms with van der Waals surface area (Å²) >= 11 is 0. The van der Waals surface area contributed by atoms with Crippen LogP contribution >= 0.6 is 0 Å². The Morgan fingerprint density at radius 1 is 1.04 bits per heavy atom. The lowest BCUT2D eigenvalue weighted by Crippen LogP contribution is -2.12. The van der Waals surface area contributed by atoms with E-state index in [1.807, 2.05) is 30.4 Å². The van der Waals surface area contributed by atoms with E-state index >= 15 is 0 Å². The maximum absolute atomic E-state index is 12.8. The number of rotatable bonds is 1. The van der Waals surface area contributed by atoms with Crippen LogP contribution in [0.3, 0.4) is 0 Å².